The molecular formula is C16H17N3O4S. The van der Waals surface area contributed by atoms with Gasteiger partial charge in [-0.25, -0.2) is 9.79 Å². The van der Waals surface area contributed by atoms with Gasteiger partial charge in [0.05, 0.1) is 27.6 Å². The van der Waals surface area contributed by atoms with Crippen molar-refractivity contribution in [3.8, 4) is 5.75 Å². The molecule has 1 aromatic carbocycles. The van der Waals surface area contributed by atoms with Crippen LogP contribution in [0.4, 0.5) is 0 Å². The van der Waals surface area contributed by atoms with Gasteiger partial charge in [0.1, 0.15) is 10.3 Å². The Hall–Kier alpha value is -2.45. The Bertz CT molecular complexity index is 914. The fourth-order valence-electron chi connectivity index (χ4n) is 2.41. The van der Waals surface area contributed by atoms with Gasteiger partial charge in [-0.05, 0) is 17.7 Å². The number of hydrogen-bond acceptors (Lipinski definition) is 7. The molecule has 0 unspecified atom stereocenters. The maximum absolute atomic E-state index is 12.4. The molecule has 0 N–H and O–H groups in total. The Morgan fingerprint density at radius 2 is 2.08 bits per heavy atom. The Balaban J connectivity index is 1.80. The van der Waals surface area contributed by atoms with Crippen molar-refractivity contribution in [2.75, 3.05) is 20.9 Å². The van der Waals surface area contributed by atoms with Crippen LogP contribution in [0.25, 0.3) is 6.08 Å². The van der Waals surface area contributed by atoms with E-state index >= 15 is 0 Å². The molecule has 2 heterocycles. The second-order valence-electron chi connectivity index (χ2n) is 5.27. The molecule has 0 bridgehead atoms. The lowest BCUT2D eigenvalue weighted by molar-refractivity contribution is -0.133. The number of hydrogen-bond donors (Lipinski definition) is 0. The molecule has 7 nitrogen and oxygen atoms in total. The molecule has 0 radical (unpaired) electrons. The fourth-order valence-corrected chi connectivity index (χ4v) is 3.33. The summed E-state index contributed by atoms with van der Waals surface area (Å²) in [7, 11) is 2.91. The Morgan fingerprint density at radius 3 is 2.75 bits per heavy atom. The molecule has 1 aliphatic rings. The Morgan fingerprint density at radius 1 is 1.33 bits per heavy atom. The number of rotatable bonds is 4. The molecule has 0 fully saturated rings. The number of thiazole rings is 1. The topological polar surface area (TPSA) is 73.1 Å². The van der Waals surface area contributed by atoms with Gasteiger partial charge in [-0.15, -0.1) is 0 Å². The number of aromatic nitrogens is 1. The van der Waals surface area contributed by atoms with Gasteiger partial charge in [0.2, 0.25) is 0 Å². The van der Waals surface area contributed by atoms with Crippen LogP contribution in [0, 0.1) is 0 Å². The number of carbonyl (C=O) groups excluding carboxylic acids is 1. The zero-order valence-electron chi connectivity index (χ0n) is 13.4. The summed E-state index contributed by atoms with van der Waals surface area (Å²) >= 11 is 1.20. The molecule has 126 valence electrons. The van der Waals surface area contributed by atoms with Crippen LogP contribution in [0.3, 0.4) is 0 Å². The van der Waals surface area contributed by atoms with Gasteiger partial charge in [-0.3, -0.25) is 14.3 Å². The highest BCUT2D eigenvalue weighted by Crippen LogP contribution is 2.13. The molecule has 24 heavy (non-hydrogen) atoms. The van der Waals surface area contributed by atoms with Gasteiger partial charge >= 0.3 is 5.97 Å². The van der Waals surface area contributed by atoms with Crippen LogP contribution in [-0.4, -0.2) is 36.3 Å². The number of methoxy groups -OCH3 is 2. The van der Waals surface area contributed by atoms with Crippen LogP contribution >= 0.6 is 11.3 Å². The minimum atomic E-state index is -0.540. The van der Waals surface area contributed by atoms with Crippen molar-refractivity contribution >= 4 is 23.4 Å². The van der Waals surface area contributed by atoms with Crippen molar-refractivity contribution in [2.45, 2.75) is 13.2 Å². The lowest BCUT2D eigenvalue weighted by Crippen LogP contribution is -2.42. The maximum Gasteiger partial charge on any atom is 0.332 e. The molecule has 1 aliphatic heterocycles. The molecule has 0 spiro atoms. The molecule has 0 aliphatic carbocycles. The smallest absolute Gasteiger partial charge is 0.332 e. The summed E-state index contributed by atoms with van der Waals surface area (Å²) in [6.45, 7) is 1.62. The summed E-state index contributed by atoms with van der Waals surface area (Å²) in [4.78, 5) is 30.8. The lowest BCUT2D eigenvalue weighted by Gasteiger charge is -2.23. The number of esters is 1. The molecule has 8 heteroatoms. The predicted octanol–water partition coefficient (Wildman–Crippen LogP) is -0.0777. The maximum atomic E-state index is 12.4. The van der Waals surface area contributed by atoms with E-state index in [1.807, 2.05) is 29.2 Å². The summed E-state index contributed by atoms with van der Waals surface area (Å²) < 4.78 is 11.6. The third kappa shape index (κ3) is 3.39. The molecule has 0 saturated heterocycles. The predicted molar refractivity (Wildman–Crippen MR) is 89.2 cm³/mol. The highest BCUT2D eigenvalue weighted by molar-refractivity contribution is 7.07. The van der Waals surface area contributed by atoms with Crippen LogP contribution in [0.15, 0.2) is 34.1 Å². The monoisotopic (exact) mass is 347 g/mol. The third-order valence-corrected chi connectivity index (χ3v) is 4.70. The minimum absolute atomic E-state index is 0.219. The second-order valence-corrected chi connectivity index (χ2v) is 6.28. The van der Waals surface area contributed by atoms with E-state index in [1.54, 1.807) is 11.7 Å². The quantitative estimate of drug-likeness (QED) is 0.724. The third-order valence-electron chi connectivity index (χ3n) is 3.65. The number of benzene rings is 1. The van der Waals surface area contributed by atoms with Gasteiger partial charge in [-0.2, -0.15) is 0 Å². The van der Waals surface area contributed by atoms with Crippen molar-refractivity contribution in [1.82, 2.24) is 9.47 Å². The lowest BCUT2D eigenvalue weighted by atomic mass is 10.2. The minimum Gasteiger partial charge on any atom is -0.497 e. The zero-order chi connectivity index (χ0) is 17.1. The molecule has 0 amide bonds. The van der Waals surface area contributed by atoms with E-state index in [9.17, 15) is 9.59 Å². The van der Waals surface area contributed by atoms with E-state index in [2.05, 4.69) is 9.73 Å². The van der Waals surface area contributed by atoms with Crippen molar-refractivity contribution in [3.63, 3.8) is 0 Å². The molecule has 0 atom stereocenters. The molecule has 2 aromatic rings. The van der Waals surface area contributed by atoms with Crippen molar-refractivity contribution in [1.29, 1.82) is 0 Å². The Labute approximate surface area is 142 Å². The zero-order valence-corrected chi connectivity index (χ0v) is 14.2. The average molecular weight is 347 g/mol. The van der Waals surface area contributed by atoms with Crippen LogP contribution in [0.1, 0.15) is 5.56 Å². The first kappa shape index (κ1) is 16.4. The molecule has 3 rings (SSSR count). The van der Waals surface area contributed by atoms with Crippen molar-refractivity contribution < 1.29 is 14.3 Å². The number of nitrogens with zero attached hydrogens (tertiary/aromatic N) is 3. The average Bonchev–Trinajstić information content (AvgIpc) is 2.91. The van der Waals surface area contributed by atoms with E-state index in [-0.39, 0.29) is 5.56 Å². The van der Waals surface area contributed by atoms with Crippen molar-refractivity contribution in [2.24, 2.45) is 4.99 Å². The first-order valence-electron chi connectivity index (χ1n) is 7.30. The SMILES string of the molecule is COC(=O)/C=c1\sc2n(c1=O)CN(Cc1ccc(OC)cc1)CN=2. The number of fused-ring (bicyclic) bond motifs is 1. The van der Waals surface area contributed by atoms with Crippen LogP contribution < -0.4 is 19.6 Å². The summed E-state index contributed by atoms with van der Waals surface area (Å²) in [6.07, 6.45) is 1.21. The van der Waals surface area contributed by atoms with E-state index in [4.69, 9.17) is 4.74 Å². The van der Waals surface area contributed by atoms with Gasteiger partial charge in [0.25, 0.3) is 5.56 Å². The number of carbonyl (C=O) groups is 1. The van der Waals surface area contributed by atoms with Gasteiger partial charge < -0.3 is 9.47 Å². The largest absolute Gasteiger partial charge is 0.497 e. The molecule has 1 aromatic heterocycles. The number of ether oxygens (including phenoxy) is 2. The summed E-state index contributed by atoms with van der Waals surface area (Å²) in [5, 5.41) is 0. The summed E-state index contributed by atoms with van der Waals surface area (Å²) in [5.74, 6) is 0.266. The standard InChI is InChI=1S/C16H17N3O4S/c1-22-12-5-3-11(4-6-12)8-18-9-17-16-19(10-18)15(21)13(24-16)7-14(20)23-2/h3-7H,8-10H2,1-2H3/b13-7-. The van der Waals surface area contributed by atoms with Gasteiger partial charge in [0, 0.05) is 12.6 Å². The van der Waals surface area contributed by atoms with Crippen molar-refractivity contribution in [3.05, 3.63) is 49.5 Å². The normalized spacial score (nSPS) is 14.8. The van der Waals surface area contributed by atoms with Gasteiger partial charge in [0.15, 0.2) is 4.80 Å². The van der Waals surface area contributed by atoms with E-state index < -0.39 is 5.97 Å². The van der Waals surface area contributed by atoms with E-state index in [1.165, 1.54) is 24.5 Å². The Kier molecular flexibility index (Phi) is 4.77. The van der Waals surface area contributed by atoms with E-state index in [0.29, 0.717) is 29.2 Å². The van der Waals surface area contributed by atoms with E-state index in [0.717, 1.165) is 11.3 Å². The summed E-state index contributed by atoms with van der Waals surface area (Å²) in [6, 6.07) is 7.78. The first-order chi connectivity index (χ1) is 11.6. The summed E-state index contributed by atoms with van der Waals surface area (Å²) in [5.41, 5.74) is 0.891. The molecular weight excluding hydrogens is 330 g/mol. The van der Waals surface area contributed by atoms with Gasteiger partial charge in [-0.1, -0.05) is 23.5 Å². The molecule has 0 saturated carbocycles. The first-order valence-corrected chi connectivity index (χ1v) is 8.11. The van der Waals surface area contributed by atoms with Crippen LogP contribution in [0.5, 0.6) is 5.75 Å². The second kappa shape index (κ2) is 6.98. The fraction of sp³-hybridized carbons (Fsp3) is 0.312. The highest BCUT2D eigenvalue weighted by atomic mass is 32.1. The highest BCUT2D eigenvalue weighted by Gasteiger charge is 2.16. The van der Waals surface area contributed by atoms with Crippen LogP contribution in [-0.2, 0) is 22.7 Å². The van der Waals surface area contributed by atoms with Crippen LogP contribution in [0.2, 0.25) is 0 Å².